The molecule has 0 bridgehead atoms. The topological polar surface area (TPSA) is 116 Å². The summed E-state index contributed by atoms with van der Waals surface area (Å²) < 4.78 is 5.33. The number of hydrogen-bond acceptors (Lipinski definition) is 8. The first-order chi connectivity index (χ1) is 15.0. The van der Waals surface area contributed by atoms with E-state index in [1.165, 1.54) is 29.2 Å². The maximum atomic E-state index is 13.2. The second-order valence-electron chi connectivity index (χ2n) is 7.39. The number of carbonyl (C=O) groups excluding carboxylic acids is 2. The van der Waals surface area contributed by atoms with E-state index in [-0.39, 0.29) is 36.2 Å². The van der Waals surface area contributed by atoms with E-state index in [1.54, 1.807) is 0 Å². The Labute approximate surface area is 180 Å². The summed E-state index contributed by atoms with van der Waals surface area (Å²) in [6, 6.07) is 5.72. The molecule has 0 radical (unpaired) electrons. The third-order valence-electron chi connectivity index (χ3n) is 5.49. The second-order valence-corrected chi connectivity index (χ2v) is 7.39. The Morgan fingerprint density at radius 1 is 1.06 bits per heavy atom. The Morgan fingerprint density at radius 3 is 2.32 bits per heavy atom. The van der Waals surface area contributed by atoms with Gasteiger partial charge in [0.1, 0.15) is 5.70 Å². The number of nitro benzene ring substituents is 1. The first-order valence-electron chi connectivity index (χ1n) is 10.5. The number of ether oxygens (including phenoxy) is 1. The predicted molar refractivity (Wildman–Crippen MR) is 113 cm³/mol. The van der Waals surface area contributed by atoms with Gasteiger partial charge in [-0.25, -0.2) is 0 Å². The van der Waals surface area contributed by atoms with Crippen molar-refractivity contribution in [2.45, 2.75) is 13.3 Å². The zero-order valence-corrected chi connectivity index (χ0v) is 17.7. The maximum Gasteiger partial charge on any atom is 0.277 e. The minimum atomic E-state index is -0.499. The van der Waals surface area contributed by atoms with Gasteiger partial charge in [0.25, 0.3) is 17.5 Å². The average Bonchev–Trinajstić information content (AvgIpc) is 3.02. The van der Waals surface area contributed by atoms with Crippen LogP contribution in [0.25, 0.3) is 5.57 Å². The lowest BCUT2D eigenvalue weighted by Gasteiger charge is -2.36. The zero-order chi connectivity index (χ0) is 22.4. The lowest BCUT2D eigenvalue weighted by Crippen LogP contribution is -2.48. The summed E-state index contributed by atoms with van der Waals surface area (Å²) in [6.45, 7) is 6.24. The van der Waals surface area contributed by atoms with Crippen molar-refractivity contribution in [2.24, 2.45) is 0 Å². The molecular weight excluding hydrogens is 404 g/mol. The lowest BCUT2D eigenvalue weighted by atomic mass is 10.0. The van der Waals surface area contributed by atoms with Gasteiger partial charge in [0.15, 0.2) is 0 Å². The standard InChI is InChI=1S/C21H28N4O6/c1-2-31-15-3-8-24-20(27)18(16-4-6-17(7-5-16)25(29)30)19(21(24)28)23-11-9-22(10-12-23)13-14-26/h4-7,26H,2-3,8-15H2,1H3. The van der Waals surface area contributed by atoms with Gasteiger partial charge in [-0.15, -0.1) is 0 Å². The molecule has 31 heavy (non-hydrogen) atoms. The van der Waals surface area contributed by atoms with Gasteiger partial charge in [0.05, 0.1) is 17.1 Å². The highest BCUT2D eigenvalue weighted by atomic mass is 16.6. The molecule has 0 unspecified atom stereocenters. The fourth-order valence-electron chi connectivity index (χ4n) is 3.88. The molecule has 0 spiro atoms. The molecule has 0 atom stereocenters. The minimum Gasteiger partial charge on any atom is -0.395 e. The Hall–Kier alpha value is -2.82. The SMILES string of the molecule is CCOCCCN1C(=O)C(c2ccc([N+](=O)[O-])cc2)=C(N2CCN(CCO)CC2)C1=O. The monoisotopic (exact) mass is 432 g/mol. The number of β-amino-alcohol motifs (C(OH)–C–C–N with tert-alkyl or cyclic N) is 1. The van der Waals surface area contributed by atoms with Gasteiger partial charge in [-0.3, -0.25) is 29.5 Å². The summed E-state index contributed by atoms with van der Waals surface area (Å²) in [6.07, 6.45) is 0.538. The summed E-state index contributed by atoms with van der Waals surface area (Å²) in [5.74, 6) is -0.728. The van der Waals surface area contributed by atoms with Crippen molar-refractivity contribution in [1.29, 1.82) is 0 Å². The lowest BCUT2D eigenvalue weighted by molar-refractivity contribution is -0.384. The van der Waals surface area contributed by atoms with Crippen molar-refractivity contribution in [2.75, 3.05) is 59.1 Å². The number of amides is 2. The summed E-state index contributed by atoms with van der Waals surface area (Å²) >= 11 is 0. The summed E-state index contributed by atoms with van der Waals surface area (Å²) in [5.41, 5.74) is 1.05. The zero-order valence-electron chi connectivity index (χ0n) is 17.7. The largest absolute Gasteiger partial charge is 0.395 e. The number of carbonyl (C=O) groups is 2. The van der Waals surface area contributed by atoms with E-state index in [0.717, 1.165) is 0 Å². The molecule has 1 saturated heterocycles. The highest BCUT2D eigenvalue weighted by molar-refractivity contribution is 6.35. The number of non-ortho nitro benzene ring substituents is 1. The normalized spacial score (nSPS) is 17.7. The van der Waals surface area contributed by atoms with E-state index in [4.69, 9.17) is 9.84 Å². The molecule has 0 aliphatic carbocycles. The van der Waals surface area contributed by atoms with E-state index in [0.29, 0.717) is 63.6 Å². The van der Waals surface area contributed by atoms with Crippen LogP contribution >= 0.6 is 0 Å². The van der Waals surface area contributed by atoms with Crippen LogP contribution in [-0.2, 0) is 14.3 Å². The first-order valence-corrected chi connectivity index (χ1v) is 10.5. The summed E-state index contributed by atoms with van der Waals surface area (Å²) in [7, 11) is 0. The molecule has 10 nitrogen and oxygen atoms in total. The quantitative estimate of drug-likeness (QED) is 0.249. The van der Waals surface area contributed by atoms with Crippen LogP contribution in [0.5, 0.6) is 0 Å². The van der Waals surface area contributed by atoms with E-state index < -0.39 is 4.92 Å². The summed E-state index contributed by atoms with van der Waals surface area (Å²) in [5, 5.41) is 20.1. The van der Waals surface area contributed by atoms with Crippen molar-refractivity contribution < 1.29 is 24.4 Å². The van der Waals surface area contributed by atoms with Crippen LogP contribution in [0.2, 0.25) is 0 Å². The molecule has 0 aromatic heterocycles. The third kappa shape index (κ3) is 5.09. The second kappa shape index (κ2) is 10.5. The molecule has 1 aromatic rings. The number of hydrogen-bond donors (Lipinski definition) is 1. The van der Waals surface area contributed by atoms with Gasteiger partial charge in [-0.2, -0.15) is 0 Å². The molecule has 1 aromatic carbocycles. The van der Waals surface area contributed by atoms with Crippen LogP contribution < -0.4 is 0 Å². The van der Waals surface area contributed by atoms with Crippen LogP contribution in [0.1, 0.15) is 18.9 Å². The fourth-order valence-corrected chi connectivity index (χ4v) is 3.88. The van der Waals surface area contributed by atoms with Gasteiger partial charge < -0.3 is 14.7 Å². The molecule has 3 rings (SSSR count). The van der Waals surface area contributed by atoms with Crippen molar-refractivity contribution in [3.63, 3.8) is 0 Å². The highest BCUT2D eigenvalue weighted by Gasteiger charge is 2.41. The highest BCUT2D eigenvalue weighted by Crippen LogP contribution is 2.33. The van der Waals surface area contributed by atoms with Crippen LogP contribution in [-0.4, -0.2) is 95.6 Å². The Bertz CT molecular complexity index is 846. The van der Waals surface area contributed by atoms with E-state index in [9.17, 15) is 19.7 Å². The van der Waals surface area contributed by atoms with Crippen LogP contribution in [0.15, 0.2) is 30.0 Å². The first kappa shape index (κ1) is 22.9. The third-order valence-corrected chi connectivity index (χ3v) is 5.49. The Kier molecular flexibility index (Phi) is 7.72. The van der Waals surface area contributed by atoms with Crippen molar-refractivity contribution >= 4 is 23.1 Å². The number of aliphatic hydroxyl groups excluding tert-OH is 1. The van der Waals surface area contributed by atoms with Gasteiger partial charge in [0.2, 0.25) is 0 Å². The Morgan fingerprint density at radius 2 is 1.74 bits per heavy atom. The number of imide groups is 1. The van der Waals surface area contributed by atoms with Crippen molar-refractivity contribution in [1.82, 2.24) is 14.7 Å². The number of benzene rings is 1. The molecule has 2 heterocycles. The molecule has 2 aliphatic heterocycles. The minimum absolute atomic E-state index is 0.0712. The Balaban J connectivity index is 1.88. The molecule has 168 valence electrons. The van der Waals surface area contributed by atoms with E-state index in [2.05, 4.69) is 4.90 Å². The average molecular weight is 432 g/mol. The van der Waals surface area contributed by atoms with Crippen molar-refractivity contribution in [3.05, 3.63) is 45.6 Å². The van der Waals surface area contributed by atoms with Crippen LogP contribution in [0.4, 0.5) is 5.69 Å². The molecule has 1 N–H and O–H groups in total. The fraction of sp³-hybridized carbons (Fsp3) is 0.524. The molecule has 2 amide bonds. The molecular formula is C21H28N4O6. The van der Waals surface area contributed by atoms with Crippen molar-refractivity contribution in [3.8, 4) is 0 Å². The molecule has 10 heteroatoms. The van der Waals surface area contributed by atoms with Gasteiger partial charge in [-0.05, 0) is 31.0 Å². The number of aliphatic hydroxyl groups is 1. The predicted octanol–water partition coefficient (Wildman–Crippen LogP) is 0.711. The number of nitro groups is 1. The van der Waals surface area contributed by atoms with Gasteiger partial charge in [0, 0.05) is 64.6 Å². The van der Waals surface area contributed by atoms with E-state index in [1.807, 2.05) is 11.8 Å². The number of piperazine rings is 1. The maximum absolute atomic E-state index is 13.2. The van der Waals surface area contributed by atoms with Gasteiger partial charge >= 0.3 is 0 Å². The van der Waals surface area contributed by atoms with E-state index >= 15 is 0 Å². The smallest absolute Gasteiger partial charge is 0.277 e. The van der Waals surface area contributed by atoms with Gasteiger partial charge in [-0.1, -0.05) is 0 Å². The number of rotatable bonds is 10. The molecule has 0 saturated carbocycles. The van der Waals surface area contributed by atoms with Crippen LogP contribution in [0.3, 0.4) is 0 Å². The van der Waals surface area contributed by atoms with Crippen LogP contribution in [0, 0.1) is 10.1 Å². The molecule has 1 fully saturated rings. The number of nitrogens with zero attached hydrogens (tertiary/aromatic N) is 4. The molecule has 2 aliphatic rings. The summed E-state index contributed by atoms with van der Waals surface area (Å²) in [4.78, 5) is 42.2.